The van der Waals surface area contributed by atoms with E-state index in [1.807, 2.05) is 0 Å². The molecule has 0 amide bonds. The summed E-state index contributed by atoms with van der Waals surface area (Å²) in [5.74, 6) is -0.756. The number of aromatic nitrogens is 1. The lowest BCUT2D eigenvalue weighted by Crippen LogP contribution is -2.11. The maximum absolute atomic E-state index is 13.1. The van der Waals surface area contributed by atoms with Crippen LogP contribution in [0.3, 0.4) is 0 Å². The molecule has 2 aromatic rings. The summed E-state index contributed by atoms with van der Waals surface area (Å²) in [5.41, 5.74) is -1.17. The van der Waals surface area contributed by atoms with E-state index in [1.54, 1.807) is 0 Å². The van der Waals surface area contributed by atoms with E-state index < -0.39 is 17.7 Å². The van der Waals surface area contributed by atoms with Crippen LogP contribution in [0.5, 0.6) is 5.88 Å². The summed E-state index contributed by atoms with van der Waals surface area (Å²) >= 11 is 0. The number of benzene rings is 1. The predicted molar refractivity (Wildman–Crippen MR) is 61.2 cm³/mol. The Hall–Kier alpha value is -2.11. The molecule has 2 nitrogen and oxygen atoms in total. The summed E-state index contributed by atoms with van der Waals surface area (Å²) in [5, 5.41) is 0. The summed E-state index contributed by atoms with van der Waals surface area (Å²) in [6.07, 6.45) is -4.64. The van der Waals surface area contributed by atoms with E-state index in [-0.39, 0.29) is 17.0 Å². The fourth-order valence-corrected chi connectivity index (χ4v) is 1.66. The Labute approximate surface area is 106 Å². The van der Waals surface area contributed by atoms with Crippen molar-refractivity contribution in [2.75, 3.05) is 7.11 Å². The van der Waals surface area contributed by atoms with Gasteiger partial charge in [0.25, 0.3) is 0 Å². The Morgan fingerprint density at radius 1 is 1.11 bits per heavy atom. The molecule has 0 bridgehead atoms. The van der Waals surface area contributed by atoms with E-state index in [1.165, 1.54) is 31.4 Å². The van der Waals surface area contributed by atoms with Gasteiger partial charge in [-0.25, -0.2) is 9.37 Å². The van der Waals surface area contributed by atoms with Gasteiger partial charge in [-0.3, -0.25) is 0 Å². The smallest absolute Gasteiger partial charge is 0.434 e. The minimum Gasteiger partial charge on any atom is -0.481 e. The zero-order valence-corrected chi connectivity index (χ0v) is 9.83. The molecule has 1 aromatic carbocycles. The van der Waals surface area contributed by atoms with Crippen LogP contribution in [-0.4, -0.2) is 12.1 Å². The van der Waals surface area contributed by atoms with E-state index in [4.69, 9.17) is 0 Å². The van der Waals surface area contributed by atoms with Crippen molar-refractivity contribution in [1.82, 2.24) is 4.98 Å². The molecule has 0 radical (unpaired) electrons. The first-order valence-corrected chi connectivity index (χ1v) is 5.30. The van der Waals surface area contributed by atoms with Gasteiger partial charge in [-0.15, -0.1) is 0 Å². The Bertz CT molecular complexity index is 595. The van der Waals surface area contributed by atoms with Gasteiger partial charge >= 0.3 is 6.18 Å². The molecule has 2 rings (SSSR count). The molecular weight excluding hydrogens is 262 g/mol. The summed E-state index contributed by atoms with van der Waals surface area (Å²) in [6.45, 7) is 0. The van der Waals surface area contributed by atoms with Gasteiger partial charge in [0.2, 0.25) is 5.88 Å². The molecule has 0 atom stereocenters. The molecule has 1 heterocycles. The van der Waals surface area contributed by atoms with Crippen LogP contribution in [0, 0.1) is 5.82 Å². The number of methoxy groups -OCH3 is 1. The molecule has 0 N–H and O–H groups in total. The lowest BCUT2D eigenvalue weighted by Gasteiger charge is -2.13. The molecule has 0 aliphatic heterocycles. The van der Waals surface area contributed by atoms with Gasteiger partial charge in [-0.05, 0) is 23.8 Å². The van der Waals surface area contributed by atoms with Gasteiger partial charge in [0.15, 0.2) is 5.69 Å². The van der Waals surface area contributed by atoms with E-state index in [2.05, 4.69) is 9.72 Å². The Morgan fingerprint density at radius 2 is 1.84 bits per heavy atom. The second-order valence-corrected chi connectivity index (χ2v) is 3.76. The van der Waals surface area contributed by atoms with Crippen molar-refractivity contribution in [3.05, 3.63) is 47.9 Å². The molecule has 0 spiro atoms. The average Bonchev–Trinajstić information content (AvgIpc) is 2.37. The highest BCUT2D eigenvalue weighted by atomic mass is 19.4. The second-order valence-electron chi connectivity index (χ2n) is 3.76. The van der Waals surface area contributed by atoms with Gasteiger partial charge in [-0.2, -0.15) is 13.2 Å². The number of hydrogen-bond acceptors (Lipinski definition) is 2. The molecule has 0 aliphatic rings. The number of nitrogens with zero attached hydrogens (tertiary/aromatic N) is 1. The third-order valence-corrected chi connectivity index (χ3v) is 2.48. The first-order chi connectivity index (χ1) is 8.91. The molecule has 1 aromatic heterocycles. The van der Waals surface area contributed by atoms with Crippen molar-refractivity contribution in [2.24, 2.45) is 0 Å². The van der Waals surface area contributed by atoms with Crippen molar-refractivity contribution >= 4 is 0 Å². The molecule has 6 heteroatoms. The highest BCUT2D eigenvalue weighted by Gasteiger charge is 2.36. The third-order valence-electron chi connectivity index (χ3n) is 2.48. The highest BCUT2D eigenvalue weighted by Crippen LogP contribution is 2.36. The van der Waals surface area contributed by atoms with Gasteiger partial charge in [0, 0.05) is 11.6 Å². The van der Waals surface area contributed by atoms with Gasteiger partial charge in [0.05, 0.1) is 7.11 Å². The number of alkyl halides is 3. The van der Waals surface area contributed by atoms with Gasteiger partial charge in [0.1, 0.15) is 5.82 Å². The van der Waals surface area contributed by atoms with Crippen LogP contribution in [0.15, 0.2) is 36.4 Å². The summed E-state index contributed by atoms with van der Waals surface area (Å²) < 4.78 is 56.6. The topological polar surface area (TPSA) is 22.1 Å². The molecule has 0 saturated carbocycles. The molecule has 0 aliphatic carbocycles. The van der Waals surface area contributed by atoms with Crippen LogP contribution < -0.4 is 4.74 Å². The number of ether oxygens (including phenoxy) is 1. The number of halogens is 4. The predicted octanol–water partition coefficient (Wildman–Crippen LogP) is 3.92. The standard InChI is InChI=1S/C13H9F4NO/c1-19-11-6-5-10(12(18-11)13(15,16)17)8-3-2-4-9(14)7-8/h2-7H,1H3. The van der Waals surface area contributed by atoms with E-state index >= 15 is 0 Å². The first-order valence-electron chi connectivity index (χ1n) is 5.30. The summed E-state index contributed by atoms with van der Waals surface area (Å²) in [7, 11) is 1.23. The number of pyridine rings is 1. The van der Waals surface area contributed by atoms with Crippen LogP contribution in [0.25, 0.3) is 11.1 Å². The van der Waals surface area contributed by atoms with Crippen molar-refractivity contribution in [3.63, 3.8) is 0 Å². The van der Waals surface area contributed by atoms with Crippen molar-refractivity contribution in [2.45, 2.75) is 6.18 Å². The SMILES string of the molecule is COc1ccc(-c2cccc(F)c2)c(C(F)(F)F)n1. The number of rotatable bonds is 2. The minimum atomic E-state index is -4.64. The largest absolute Gasteiger partial charge is 0.481 e. The molecule has 100 valence electrons. The molecule has 19 heavy (non-hydrogen) atoms. The fourth-order valence-electron chi connectivity index (χ4n) is 1.66. The van der Waals surface area contributed by atoms with Crippen molar-refractivity contribution in [1.29, 1.82) is 0 Å². The number of hydrogen-bond donors (Lipinski definition) is 0. The molecule has 0 saturated heterocycles. The molecular formula is C13H9F4NO. The third kappa shape index (κ3) is 2.83. The van der Waals surface area contributed by atoms with Crippen molar-refractivity contribution in [3.8, 4) is 17.0 Å². The maximum Gasteiger partial charge on any atom is 0.434 e. The Balaban J connectivity index is 2.63. The summed E-state index contributed by atoms with van der Waals surface area (Å²) in [4.78, 5) is 3.40. The van der Waals surface area contributed by atoms with Crippen LogP contribution in [0.2, 0.25) is 0 Å². The zero-order chi connectivity index (χ0) is 14.0. The minimum absolute atomic E-state index is 0.113. The van der Waals surface area contributed by atoms with Gasteiger partial charge < -0.3 is 4.74 Å². The highest BCUT2D eigenvalue weighted by molar-refractivity contribution is 5.67. The molecule has 0 unspecified atom stereocenters. The fraction of sp³-hybridized carbons (Fsp3) is 0.154. The Kier molecular flexibility index (Phi) is 3.42. The van der Waals surface area contributed by atoms with Crippen molar-refractivity contribution < 1.29 is 22.3 Å². The van der Waals surface area contributed by atoms with Crippen LogP contribution in [0.4, 0.5) is 17.6 Å². The van der Waals surface area contributed by atoms with E-state index in [9.17, 15) is 17.6 Å². The zero-order valence-electron chi connectivity index (χ0n) is 9.83. The lowest BCUT2D eigenvalue weighted by atomic mass is 10.0. The maximum atomic E-state index is 13.1. The van der Waals surface area contributed by atoms with E-state index in [0.717, 1.165) is 12.1 Å². The Morgan fingerprint density at radius 3 is 2.42 bits per heavy atom. The average molecular weight is 271 g/mol. The van der Waals surface area contributed by atoms with Gasteiger partial charge in [-0.1, -0.05) is 12.1 Å². The van der Waals surface area contributed by atoms with Crippen LogP contribution in [-0.2, 0) is 6.18 Å². The lowest BCUT2D eigenvalue weighted by molar-refractivity contribution is -0.140. The molecule has 0 fully saturated rings. The van der Waals surface area contributed by atoms with E-state index in [0.29, 0.717) is 0 Å². The first kappa shape index (κ1) is 13.3. The normalized spacial score (nSPS) is 11.4. The monoisotopic (exact) mass is 271 g/mol. The van der Waals surface area contributed by atoms with Crippen LogP contribution >= 0.6 is 0 Å². The second kappa shape index (κ2) is 4.87. The van der Waals surface area contributed by atoms with Crippen LogP contribution in [0.1, 0.15) is 5.69 Å². The quantitative estimate of drug-likeness (QED) is 0.772. The summed E-state index contributed by atoms with van der Waals surface area (Å²) in [6, 6.07) is 7.43.